The van der Waals surface area contributed by atoms with Gasteiger partial charge >= 0.3 is 5.97 Å². The summed E-state index contributed by atoms with van der Waals surface area (Å²) in [4.78, 5) is 10.8. The first-order valence-corrected chi connectivity index (χ1v) is 14.7. The molecule has 41 heavy (non-hydrogen) atoms. The van der Waals surface area contributed by atoms with E-state index in [0.717, 1.165) is 5.56 Å². The van der Waals surface area contributed by atoms with Crippen molar-refractivity contribution in [3.05, 3.63) is 119 Å². The van der Waals surface area contributed by atoms with Crippen LogP contribution >= 0.6 is 11.6 Å². The summed E-state index contributed by atoms with van der Waals surface area (Å²) in [6, 6.07) is 28.4. The zero-order valence-electron chi connectivity index (χ0n) is 22.0. The number of aliphatic carboxylic acids is 1. The van der Waals surface area contributed by atoms with Crippen LogP contribution in [0.5, 0.6) is 11.5 Å². The van der Waals surface area contributed by atoms with Crippen LogP contribution in [0.15, 0.2) is 113 Å². The second kappa shape index (κ2) is 14.1. The lowest BCUT2D eigenvalue weighted by molar-refractivity contribution is -0.139. The maximum absolute atomic E-state index is 13.0. The molecule has 0 aliphatic heterocycles. The molecule has 10 heteroatoms. The summed E-state index contributed by atoms with van der Waals surface area (Å²) in [5.74, 6) is -0.366. The summed E-state index contributed by atoms with van der Waals surface area (Å²) in [5.41, 5.74) is 1.79. The average Bonchev–Trinajstić information content (AvgIpc) is 2.98. The largest absolute Gasteiger partial charge is 0.492 e. The van der Waals surface area contributed by atoms with Crippen molar-refractivity contribution in [3.8, 4) is 11.5 Å². The van der Waals surface area contributed by atoms with E-state index in [4.69, 9.17) is 26.2 Å². The molecule has 1 unspecified atom stereocenters. The SMILES string of the molecule is O=C(O)COc1ccc(S(=O)(=O)c2ccc(OCCNC(Cc3ccccc3)[C@H](O)c3cccc(Cl)c3)cc2)cc1. The van der Waals surface area contributed by atoms with Crippen LogP contribution < -0.4 is 14.8 Å². The molecule has 0 fully saturated rings. The van der Waals surface area contributed by atoms with E-state index in [-0.39, 0.29) is 28.2 Å². The molecule has 0 heterocycles. The normalized spacial score (nSPS) is 12.8. The lowest BCUT2D eigenvalue weighted by Crippen LogP contribution is -2.39. The topological polar surface area (TPSA) is 122 Å². The minimum absolute atomic E-state index is 0.0563. The summed E-state index contributed by atoms with van der Waals surface area (Å²) in [6.45, 7) is 0.210. The number of benzene rings is 4. The number of aliphatic hydroxyl groups is 1. The number of nitrogens with one attached hydrogen (secondary N) is 1. The lowest BCUT2D eigenvalue weighted by atomic mass is 9.96. The molecule has 0 spiro atoms. The van der Waals surface area contributed by atoms with Crippen LogP contribution in [0.2, 0.25) is 5.02 Å². The fraction of sp³-hybridized carbons (Fsp3) is 0.194. The molecule has 3 N–H and O–H groups in total. The van der Waals surface area contributed by atoms with Crippen LogP contribution in [-0.4, -0.2) is 50.4 Å². The van der Waals surface area contributed by atoms with Gasteiger partial charge in [-0.25, -0.2) is 13.2 Å². The van der Waals surface area contributed by atoms with Crippen molar-refractivity contribution in [2.45, 2.75) is 28.4 Å². The molecule has 8 nitrogen and oxygen atoms in total. The first-order valence-electron chi connectivity index (χ1n) is 12.9. The van der Waals surface area contributed by atoms with Gasteiger partial charge in [0.2, 0.25) is 9.84 Å². The number of rotatable bonds is 14. The Kier molecular flexibility index (Phi) is 10.4. The second-order valence-corrected chi connectivity index (χ2v) is 11.6. The third-order valence-electron chi connectivity index (χ3n) is 6.28. The maximum Gasteiger partial charge on any atom is 0.341 e. The highest BCUT2D eigenvalue weighted by atomic mass is 35.5. The van der Waals surface area contributed by atoms with Crippen molar-refractivity contribution in [1.82, 2.24) is 5.32 Å². The van der Waals surface area contributed by atoms with Crippen LogP contribution in [0.1, 0.15) is 17.2 Å². The average molecular weight is 596 g/mol. The van der Waals surface area contributed by atoms with E-state index in [2.05, 4.69) is 5.32 Å². The number of aliphatic hydroxyl groups excluding tert-OH is 1. The van der Waals surface area contributed by atoms with Gasteiger partial charge in [-0.3, -0.25) is 0 Å². The van der Waals surface area contributed by atoms with Crippen molar-refractivity contribution in [2.24, 2.45) is 0 Å². The van der Waals surface area contributed by atoms with Gasteiger partial charge in [-0.05, 0) is 78.2 Å². The summed E-state index contributed by atoms with van der Waals surface area (Å²) in [7, 11) is -3.79. The van der Waals surface area contributed by atoms with Crippen molar-refractivity contribution < 1.29 is 32.9 Å². The molecule has 0 amide bonds. The minimum atomic E-state index is -3.79. The number of carbonyl (C=O) groups is 1. The van der Waals surface area contributed by atoms with E-state index in [1.54, 1.807) is 30.3 Å². The summed E-state index contributed by atoms with van der Waals surface area (Å²) < 4.78 is 36.9. The minimum Gasteiger partial charge on any atom is -0.492 e. The molecule has 0 radical (unpaired) electrons. The number of halogens is 1. The Hall–Kier alpha value is -3.89. The highest BCUT2D eigenvalue weighted by Crippen LogP contribution is 2.26. The summed E-state index contributed by atoms with van der Waals surface area (Å²) >= 11 is 6.14. The Morgan fingerprint density at radius 1 is 0.829 bits per heavy atom. The Morgan fingerprint density at radius 2 is 1.44 bits per heavy atom. The van der Waals surface area contributed by atoms with Crippen LogP contribution in [0.3, 0.4) is 0 Å². The van der Waals surface area contributed by atoms with E-state index < -0.39 is 28.5 Å². The molecular weight excluding hydrogens is 566 g/mol. The van der Waals surface area contributed by atoms with Gasteiger partial charge in [-0.2, -0.15) is 0 Å². The zero-order chi connectivity index (χ0) is 29.2. The molecule has 0 aromatic heterocycles. The Labute approximate surface area is 244 Å². The van der Waals surface area contributed by atoms with Gasteiger partial charge in [0.1, 0.15) is 18.1 Å². The van der Waals surface area contributed by atoms with Gasteiger partial charge in [0, 0.05) is 17.6 Å². The standard InChI is InChI=1S/C31H30ClNO7S/c32-24-8-4-7-23(20-24)31(36)29(19-22-5-2-1-3-6-22)33-17-18-39-25-9-13-27(14-10-25)41(37,38)28-15-11-26(12-16-28)40-21-30(34)35/h1-16,20,29,31,33,36H,17-19,21H2,(H,34,35)/t29?,31-/m1/s1. The maximum atomic E-state index is 13.0. The molecule has 0 saturated carbocycles. The van der Waals surface area contributed by atoms with Crippen LogP contribution in [0.4, 0.5) is 0 Å². The predicted octanol–water partition coefficient (Wildman–Crippen LogP) is 4.95. The van der Waals surface area contributed by atoms with E-state index in [0.29, 0.717) is 29.3 Å². The van der Waals surface area contributed by atoms with Gasteiger partial charge in [-0.15, -0.1) is 0 Å². The molecule has 0 saturated heterocycles. The highest BCUT2D eigenvalue weighted by Gasteiger charge is 2.22. The monoisotopic (exact) mass is 595 g/mol. The Morgan fingerprint density at radius 3 is 2.02 bits per heavy atom. The molecule has 4 rings (SSSR count). The van der Waals surface area contributed by atoms with Crippen molar-refractivity contribution >= 4 is 27.4 Å². The van der Waals surface area contributed by atoms with Crippen molar-refractivity contribution in [3.63, 3.8) is 0 Å². The van der Waals surface area contributed by atoms with Crippen molar-refractivity contribution in [2.75, 3.05) is 19.8 Å². The van der Waals surface area contributed by atoms with Crippen molar-refractivity contribution in [1.29, 1.82) is 0 Å². The second-order valence-electron chi connectivity index (χ2n) is 9.23. The first-order chi connectivity index (χ1) is 19.7. The van der Waals surface area contributed by atoms with E-state index >= 15 is 0 Å². The van der Waals surface area contributed by atoms with Crippen LogP contribution in [-0.2, 0) is 21.1 Å². The first kappa shape index (κ1) is 30.1. The molecule has 0 aliphatic carbocycles. The van der Waals surface area contributed by atoms with E-state index in [1.165, 1.54) is 36.4 Å². The molecule has 0 aliphatic rings. The van der Waals surface area contributed by atoms with Gasteiger partial charge in [0.15, 0.2) is 6.61 Å². The fourth-order valence-electron chi connectivity index (χ4n) is 4.21. The third kappa shape index (κ3) is 8.55. The number of ether oxygens (including phenoxy) is 2. The van der Waals surface area contributed by atoms with Crippen LogP contribution in [0.25, 0.3) is 0 Å². The quantitative estimate of drug-likeness (QED) is 0.175. The molecule has 4 aromatic rings. The highest BCUT2D eigenvalue weighted by molar-refractivity contribution is 7.91. The number of carboxylic acid groups (broad SMARTS) is 1. The number of hydrogen-bond acceptors (Lipinski definition) is 7. The number of carboxylic acids is 1. The van der Waals surface area contributed by atoms with Crippen LogP contribution in [0, 0.1) is 0 Å². The van der Waals surface area contributed by atoms with Gasteiger partial charge in [-0.1, -0.05) is 54.1 Å². The number of hydrogen-bond donors (Lipinski definition) is 3. The number of sulfone groups is 1. The zero-order valence-corrected chi connectivity index (χ0v) is 23.6. The predicted molar refractivity (Wildman–Crippen MR) is 155 cm³/mol. The smallest absolute Gasteiger partial charge is 0.341 e. The molecular formula is C31H30ClNO7S. The Balaban J connectivity index is 1.34. The van der Waals surface area contributed by atoms with Gasteiger partial charge < -0.3 is 25.0 Å². The molecule has 2 atom stereocenters. The summed E-state index contributed by atoms with van der Waals surface area (Å²) in [6.07, 6.45) is -0.204. The third-order valence-corrected chi connectivity index (χ3v) is 8.30. The fourth-order valence-corrected chi connectivity index (χ4v) is 5.67. The summed E-state index contributed by atoms with van der Waals surface area (Å²) in [5, 5.41) is 23.7. The lowest BCUT2D eigenvalue weighted by Gasteiger charge is -2.25. The molecule has 0 bridgehead atoms. The molecule has 4 aromatic carbocycles. The van der Waals surface area contributed by atoms with E-state index in [1.807, 2.05) is 36.4 Å². The molecule has 214 valence electrons. The van der Waals surface area contributed by atoms with E-state index in [9.17, 15) is 18.3 Å². The van der Waals surface area contributed by atoms with Gasteiger partial charge in [0.25, 0.3) is 0 Å². The van der Waals surface area contributed by atoms with Gasteiger partial charge in [0.05, 0.1) is 15.9 Å². The Bertz CT molecular complexity index is 1530.